The number of fused-ring (bicyclic) bond motifs is 1. The lowest BCUT2D eigenvalue weighted by molar-refractivity contribution is 0.391. The normalized spacial score (nSPS) is 19.6. The van der Waals surface area contributed by atoms with Crippen molar-refractivity contribution in [1.29, 1.82) is 0 Å². The summed E-state index contributed by atoms with van der Waals surface area (Å²) in [6, 6.07) is 10.3. The van der Waals surface area contributed by atoms with E-state index in [9.17, 15) is 0 Å². The number of benzene rings is 1. The van der Waals surface area contributed by atoms with Gasteiger partial charge in [0, 0.05) is 24.6 Å². The summed E-state index contributed by atoms with van der Waals surface area (Å²) < 4.78 is 7.01. The predicted molar refractivity (Wildman–Crippen MR) is 112 cm³/mol. The van der Waals surface area contributed by atoms with Crippen LogP contribution in [-0.4, -0.2) is 34.3 Å². The second-order valence-electron chi connectivity index (χ2n) is 7.55. The van der Waals surface area contributed by atoms with Crippen molar-refractivity contribution in [1.82, 2.24) is 14.6 Å². The highest BCUT2D eigenvalue weighted by molar-refractivity contribution is 5.70. The van der Waals surface area contributed by atoms with Gasteiger partial charge < -0.3 is 21.5 Å². The Morgan fingerprint density at radius 1 is 1.18 bits per heavy atom. The lowest BCUT2D eigenvalue weighted by Crippen LogP contribution is -2.25. The van der Waals surface area contributed by atoms with E-state index in [1.54, 1.807) is 11.6 Å². The average molecular weight is 380 g/mol. The topological polar surface area (TPSA) is 103 Å². The molecule has 1 aromatic carbocycles. The maximum atomic E-state index is 6.04. The molecule has 0 atom stereocenters. The van der Waals surface area contributed by atoms with Gasteiger partial charge in [0.2, 0.25) is 0 Å². The standard InChI is InChI=1S/C21H28N6O/c1-28-17-8-2-14(3-9-17)10-11-24-18-12-20(23)26-27-13-19(25-21(18)27)15-4-6-16(22)7-5-15/h2-3,8-9,12-13,15-16,24H,4-7,10-11,22H2,1H3,(H2,23,26)/t15-,16-. The number of hydrogen-bond acceptors (Lipinski definition) is 6. The molecule has 7 nitrogen and oxygen atoms in total. The number of nitrogen functional groups attached to an aromatic ring is 1. The fourth-order valence-electron chi connectivity index (χ4n) is 3.89. The number of rotatable bonds is 6. The van der Waals surface area contributed by atoms with Crippen LogP contribution in [0.1, 0.15) is 42.9 Å². The lowest BCUT2D eigenvalue weighted by atomic mass is 9.85. The van der Waals surface area contributed by atoms with Gasteiger partial charge in [-0.05, 0) is 49.8 Å². The van der Waals surface area contributed by atoms with E-state index in [2.05, 4.69) is 22.5 Å². The zero-order valence-corrected chi connectivity index (χ0v) is 16.3. The first-order valence-electron chi connectivity index (χ1n) is 9.90. The fourth-order valence-corrected chi connectivity index (χ4v) is 3.89. The van der Waals surface area contributed by atoms with Crippen LogP contribution in [0.4, 0.5) is 11.5 Å². The third kappa shape index (κ3) is 4.04. The van der Waals surface area contributed by atoms with Gasteiger partial charge in [0.15, 0.2) is 5.65 Å². The summed E-state index contributed by atoms with van der Waals surface area (Å²) in [5.74, 6) is 1.80. The van der Waals surface area contributed by atoms with Crippen molar-refractivity contribution in [2.24, 2.45) is 5.73 Å². The van der Waals surface area contributed by atoms with Crippen molar-refractivity contribution in [3.05, 3.63) is 47.8 Å². The van der Waals surface area contributed by atoms with Crippen LogP contribution in [0.2, 0.25) is 0 Å². The Labute approximate surface area is 165 Å². The monoisotopic (exact) mass is 380 g/mol. The molecule has 0 radical (unpaired) electrons. The second-order valence-corrected chi connectivity index (χ2v) is 7.55. The minimum absolute atomic E-state index is 0.331. The Hall–Kier alpha value is -2.80. The van der Waals surface area contributed by atoms with Crippen molar-refractivity contribution < 1.29 is 4.74 Å². The second kappa shape index (κ2) is 8.06. The molecule has 0 bridgehead atoms. The quantitative estimate of drug-likeness (QED) is 0.607. The molecule has 1 saturated carbocycles. The first kappa shape index (κ1) is 18.6. The molecule has 0 spiro atoms. The molecule has 3 aromatic rings. The number of methoxy groups -OCH3 is 1. The number of anilines is 2. The number of nitrogens with one attached hydrogen (secondary N) is 1. The molecule has 148 valence electrons. The van der Waals surface area contributed by atoms with Crippen LogP contribution in [0.25, 0.3) is 5.65 Å². The molecular formula is C21H28N6O. The predicted octanol–water partition coefficient (Wildman–Crippen LogP) is 2.96. The summed E-state index contributed by atoms with van der Waals surface area (Å²) >= 11 is 0. The lowest BCUT2D eigenvalue weighted by Gasteiger charge is -2.24. The summed E-state index contributed by atoms with van der Waals surface area (Å²) in [7, 11) is 1.68. The van der Waals surface area contributed by atoms with Gasteiger partial charge in [-0.1, -0.05) is 12.1 Å². The number of imidazole rings is 1. The third-order valence-electron chi connectivity index (χ3n) is 5.54. The Bertz CT molecular complexity index is 928. The Balaban J connectivity index is 1.48. The van der Waals surface area contributed by atoms with E-state index in [1.807, 2.05) is 24.4 Å². The molecule has 0 aliphatic heterocycles. The molecule has 28 heavy (non-hydrogen) atoms. The summed E-state index contributed by atoms with van der Waals surface area (Å²) in [4.78, 5) is 4.88. The number of nitrogens with zero attached hydrogens (tertiary/aromatic N) is 3. The molecule has 1 aliphatic carbocycles. The number of aromatic nitrogens is 3. The maximum Gasteiger partial charge on any atom is 0.177 e. The summed E-state index contributed by atoms with van der Waals surface area (Å²) in [5.41, 5.74) is 16.1. The fraction of sp³-hybridized carbons (Fsp3) is 0.429. The van der Waals surface area contributed by atoms with Crippen LogP contribution in [0, 0.1) is 0 Å². The van der Waals surface area contributed by atoms with Gasteiger partial charge in [-0.3, -0.25) is 0 Å². The molecule has 0 saturated heterocycles. The number of ether oxygens (including phenoxy) is 1. The number of hydrogen-bond donors (Lipinski definition) is 3. The molecule has 7 heteroatoms. The third-order valence-corrected chi connectivity index (χ3v) is 5.54. The van der Waals surface area contributed by atoms with Crippen molar-refractivity contribution in [2.75, 3.05) is 24.7 Å². The zero-order chi connectivity index (χ0) is 19.5. The number of nitrogens with two attached hydrogens (primary N) is 2. The van der Waals surface area contributed by atoms with Crippen LogP contribution in [0.15, 0.2) is 36.5 Å². The highest BCUT2D eigenvalue weighted by Crippen LogP contribution is 2.32. The summed E-state index contributed by atoms with van der Waals surface area (Å²) in [6.07, 6.45) is 7.19. The van der Waals surface area contributed by atoms with Gasteiger partial charge >= 0.3 is 0 Å². The minimum Gasteiger partial charge on any atom is -0.497 e. The highest BCUT2D eigenvalue weighted by atomic mass is 16.5. The zero-order valence-electron chi connectivity index (χ0n) is 16.3. The van der Waals surface area contributed by atoms with E-state index in [1.165, 1.54) is 5.56 Å². The van der Waals surface area contributed by atoms with Gasteiger partial charge in [0.25, 0.3) is 0 Å². The maximum absolute atomic E-state index is 6.04. The van der Waals surface area contributed by atoms with Gasteiger partial charge in [-0.15, -0.1) is 5.10 Å². The van der Waals surface area contributed by atoms with E-state index in [-0.39, 0.29) is 0 Å². The largest absolute Gasteiger partial charge is 0.497 e. The van der Waals surface area contributed by atoms with Gasteiger partial charge in [-0.2, -0.15) is 0 Å². The Kier molecular flexibility index (Phi) is 5.34. The molecule has 2 heterocycles. The van der Waals surface area contributed by atoms with Crippen LogP contribution in [-0.2, 0) is 6.42 Å². The van der Waals surface area contributed by atoms with Gasteiger partial charge in [0.05, 0.1) is 24.7 Å². The van der Waals surface area contributed by atoms with Gasteiger partial charge in [0.1, 0.15) is 11.6 Å². The van der Waals surface area contributed by atoms with Crippen molar-refractivity contribution >= 4 is 17.2 Å². The first-order chi connectivity index (χ1) is 13.6. The molecule has 4 rings (SSSR count). The van der Waals surface area contributed by atoms with E-state index < -0.39 is 0 Å². The van der Waals surface area contributed by atoms with E-state index >= 15 is 0 Å². The van der Waals surface area contributed by atoms with Crippen LogP contribution >= 0.6 is 0 Å². The highest BCUT2D eigenvalue weighted by Gasteiger charge is 2.23. The van der Waals surface area contributed by atoms with Crippen molar-refractivity contribution in [3.63, 3.8) is 0 Å². The molecule has 5 N–H and O–H groups in total. The molecule has 0 amide bonds. The smallest absolute Gasteiger partial charge is 0.177 e. The van der Waals surface area contributed by atoms with Crippen LogP contribution < -0.4 is 21.5 Å². The summed E-state index contributed by atoms with van der Waals surface area (Å²) in [6.45, 7) is 0.784. The van der Waals surface area contributed by atoms with E-state index in [0.29, 0.717) is 17.8 Å². The van der Waals surface area contributed by atoms with Crippen molar-refractivity contribution in [2.45, 2.75) is 44.1 Å². The Morgan fingerprint density at radius 3 is 2.64 bits per heavy atom. The molecular weight excluding hydrogens is 352 g/mol. The van der Waals surface area contributed by atoms with Gasteiger partial charge in [-0.25, -0.2) is 9.50 Å². The van der Waals surface area contributed by atoms with Crippen LogP contribution in [0.5, 0.6) is 5.75 Å². The van der Waals surface area contributed by atoms with E-state index in [4.69, 9.17) is 21.2 Å². The minimum atomic E-state index is 0.331. The SMILES string of the molecule is COc1ccc(CCNc2cc(N)nn3cc([C@H]4CC[C@H](N)CC4)nc23)cc1. The molecule has 1 aliphatic rings. The Morgan fingerprint density at radius 2 is 1.93 bits per heavy atom. The molecule has 2 aromatic heterocycles. The average Bonchev–Trinajstić information content (AvgIpc) is 3.13. The first-order valence-corrected chi connectivity index (χ1v) is 9.90. The summed E-state index contributed by atoms with van der Waals surface area (Å²) in [5, 5.41) is 7.88. The molecule has 0 unspecified atom stereocenters. The molecule has 1 fully saturated rings. The van der Waals surface area contributed by atoms with Crippen LogP contribution in [0.3, 0.4) is 0 Å². The van der Waals surface area contributed by atoms with E-state index in [0.717, 1.165) is 61.4 Å². The van der Waals surface area contributed by atoms with Crippen molar-refractivity contribution in [3.8, 4) is 5.75 Å².